The Morgan fingerprint density at radius 1 is 1.35 bits per heavy atom. The number of aromatic nitrogens is 2. The van der Waals surface area contributed by atoms with Gasteiger partial charge in [-0.15, -0.1) is 0 Å². The third-order valence-electron chi connectivity index (χ3n) is 3.45. The summed E-state index contributed by atoms with van der Waals surface area (Å²) in [5.41, 5.74) is 13.6. The molecule has 1 aromatic heterocycles. The summed E-state index contributed by atoms with van der Waals surface area (Å²) in [6.45, 7) is 2.73. The zero-order valence-electron chi connectivity index (χ0n) is 13.1. The minimum absolute atomic E-state index is 0.617. The van der Waals surface area contributed by atoms with Gasteiger partial charge < -0.3 is 21.5 Å². The van der Waals surface area contributed by atoms with Gasteiger partial charge in [0.15, 0.2) is 6.34 Å². The molecule has 0 bridgehead atoms. The summed E-state index contributed by atoms with van der Waals surface area (Å²) < 4.78 is 7.08. The predicted molar refractivity (Wildman–Crippen MR) is 92.6 cm³/mol. The van der Waals surface area contributed by atoms with E-state index in [0.29, 0.717) is 19.7 Å². The molecule has 0 saturated carbocycles. The molecule has 0 radical (unpaired) electrons. The molecule has 23 heavy (non-hydrogen) atoms. The van der Waals surface area contributed by atoms with Crippen LogP contribution in [-0.2, 0) is 4.74 Å². The molecule has 7 N–H and O–H groups in total. The summed E-state index contributed by atoms with van der Waals surface area (Å²) >= 11 is 0. The maximum Gasteiger partial charge on any atom is 0.221 e. The molecule has 0 atom stereocenters. The maximum absolute atomic E-state index is 7.40. The number of benzene rings is 1. The molecule has 0 unspecified atom stereocenters. The number of nitrogens with one attached hydrogen (secondary N) is 3. The van der Waals surface area contributed by atoms with Crippen molar-refractivity contribution in [2.24, 2.45) is 11.5 Å². The topological polar surface area (TPSA) is 129 Å². The number of hydrogen-bond donors (Lipinski definition) is 5. The standard InChI is InChI=1S/C15H23N7O/c16-3-1-2-5-23-6-4-19-14-7-12(22(10-17)11-18)8-15-13(14)9-20-21-15/h7-11,17-18H,1-6,16H2,(H2,19,20,21)/p+1. The SMILES string of the molecule is N=C[N+](=CN)c1cc(NCCOCCCCN)c2cn[nH]c2c1. The number of unbranched alkanes of at least 4 members (excludes halogenated alkanes) is 1. The van der Waals surface area contributed by atoms with Crippen LogP contribution < -0.4 is 16.8 Å². The molecule has 8 nitrogen and oxygen atoms in total. The highest BCUT2D eigenvalue weighted by atomic mass is 16.5. The quantitative estimate of drug-likeness (QED) is 0.193. The Balaban J connectivity index is 2.01. The Kier molecular flexibility index (Phi) is 6.52. The van der Waals surface area contributed by atoms with Crippen molar-refractivity contribution in [2.75, 3.05) is 31.6 Å². The lowest BCUT2D eigenvalue weighted by Gasteiger charge is -2.10. The number of aromatic amines is 1. The predicted octanol–water partition coefficient (Wildman–Crippen LogP) is 0.968. The second-order valence-electron chi connectivity index (χ2n) is 5.04. The van der Waals surface area contributed by atoms with Gasteiger partial charge in [-0.3, -0.25) is 5.10 Å². The molecule has 0 fully saturated rings. The van der Waals surface area contributed by atoms with Crippen LogP contribution >= 0.6 is 0 Å². The van der Waals surface area contributed by atoms with Crippen LogP contribution in [0, 0.1) is 5.41 Å². The zero-order valence-corrected chi connectivity index (χ0v) is 13.1. The number of nitrogens with zero attached hydrogens (tertiary/aromatic N) is 2. The molecular formula is C15H24N7O+. The van der Waals surface area contributed by atoms with Gasteiger partial charge in [-0.05, 0) is 19.4 Å². The molecule has 0 aliphatic rings. The fourth-order valence-electron chi connectivity index (χ4n) is 2.24. The number of ether oxygens (including phenoxy) is 1. The number of rotatable bonds is 10. The molecule has 1 aromatic carbocycles. The lowest BCUT2D eigenvalue weighted by Crippen LogP contribution is -2.12. The molecule has 2 rings (SSSR count). The Bertz CT molecular complexity index is 665. The lowest BCUT2D eigenvalue weighted by atomic mass is 10.2. The minimum Gasteiger partial charge on any atom is -0.382 e. The second-order valence-corrected chi connectivity index (χ2v) is 5.04. The fourth-order valence-corrected chi connectivity index (χ4v) is 2.24. The third kappa shape index (κ3) is 4.51. The molecule has 0 saturated heterocycles. The number of H-pyrrole nitrogens is 1. The van der Waals surface area contributed by atoms with E-state index < -0.39 is 0 Å². The second kappa shape index (κ2) is 8.86. The summed E-state index contributed by atoms with van der Waals surface area (Å²) in [5.74, 6) is 0. The number of hydrogen-bond acceptors (Lipinski definition) is 5. The van der Waals surface area contributed by atoms with Gasteiger partial charge in [-0.25, -0.2) is 4.58 Å². The van der Waals surface area contributed by atoms with Crippen molar-refractivity contribution in [3.63, 3.8) is 0 Å². The van der Waals surface area contributed by atoms with E-state index in [1.807, 2.05) is 12.1 Å². The third-order valence-corrected chi connectivity index (χ3v) is 3.45. The highest BCUT2D eigenvalue weighted by Gasteiger charge is 2.09. The smallest absolute Gasteiger partial charge is 0.221 e. The average Bonchev–Trinajstić information content (AvgIpc) is 3.04. The van der Waals surface area contributed by atoms with E-state index in [-0.39, 0.29) is 0 Å². The Morgan fingerprint density at radius 3 is 2.96 bits per heavy atom. The lowest BCUT2D eigenvalue weighted by molar-refractivity contribution is -0.291. The largest absolute Gasteiger partial charge is 0.382 e. The first-order valence-electron chi connectivity index (χ1n) is 7.63. The first-order valence-corrected chi connectivity index (χ1v) is 7.63. The van der Waals surface area contributed by atoms with Crippen molar-refractivity contribution >= 4 is 35.0 Å². The maximum atomic E-state index is 7.40. The van der Waals surface area contributed by atoms with Crippen molar-refractivity contribution < 1.29 is 9.31 Å². The number of fused-ring (bicyclic) bond motifs is 1. The van der Waals surface area contributed by atoms with Crippen LogP contribution in [-0.4, -0.2) is 53.8 Å². The van der Waals surface area contributed by atoms with Crippen LogP contribution in [0.15, 0.2) is 18.3 Å². The summed E-state index contributed by atoms with van der Waals surface area (Å²) in [6, 6.07) is 3.83. The van der Waals surface area contributed by atoms with Crippen molar-refractivity contribution in [3.05, 3.63) is 18.3 Å². The van der Waals surface area contributed by atoms with Crippen molar-refractivity contribution in [3.8, 4) is 0 Å². The first-order chi connectivity index (χ1) is 11.3. The summed E-state index contributed by atoms with van der Waals surface area (Å²) in [6.07, 6.45) is 6.24. The molecule has 8 heteroatoms. The van der Waals surface area contributed by atoms with Crippen LogP contribution in [0.2, 0.25) is 0 Å². The minimum atomic E-state index is 0.617. The van der Waals surface area contributed by atoms with Crippen molar-refractivity contribution in [2.45, 2.75) is 12.8 Å². The van der Waals surface area contributed by atoms with Crippen LogP contribution in [0.4, 0.5) is 11.4 Å². The van der Waals surface area contributed by atoms with Crippen LogP contribution in [0.5, 0.6) is 0 Å². The van der Waals surface area contributed by atoms with E-state index >= 15 is 0 Å². The average molecular weight is 318 g/mol. The Morgan fingerprint density at radius 2 is 2.22 bits per heavy atom. The van der Waals surface area contributed by atoms with Gasteiger partial charge in [0.1, 0.15) is 5.69 Å². The fraction of sp³-hybridized carbons (Fsp3) is 0.400. The number of anilines is 1. The molecule has 1 heterocycles. The summed E-state index contributed by atoms with van der Waals surface area (Å²) in [7, 11) is 0. The molecule has 0 amide bonds. The van der Waals surface area contributed by atoms with Gasteiger partial charge in [-0.1, -0.05) is 0 Å². The Hall–Kier alpha value is -2.45. The molecule has 0 aliphatic heterocycles. The molecule has 0 aliphatic carbocycles. The van der Waals surface area contributed by atoms with E-state index in [0.717, 1.165) is 48.1 Å². The highest BCUT2D eigenvalue weighted by molar-refractivity contribution is 5.93. The monoisotopic (exact) mass is 318 g/mol. The molecule has 0 spiro atoms. The van der Waals surface area contributed by atoms with Gasteiger partial charge in [0.2, 0.25) is 6.34 Å². The zero-order chi connectivity index (χ0) is 16.5. The normalized spacial score (nSPS) is 11.8. The van der Waals surface area contributed by atoms with Crippen molar-refractivity contribution in [1.29, 1.82) is 5.41 Å². The van der Waals surface area contributed by atoms with Gasteiger partial charge in [0.05, 0.1) is 18.3 Å². The van der Waals surface area contributed by atoms with E-state index in [4.69, 9.17) is 21.6 Å². The van der Waals surface area contributed by atoms with Crippen LogP contribution in [0.1, 0.15) is 12.8 Å². The van der Waals surface area contributed by atoms with E-state index in [2.05, 4.69) is 15.5 Å². The summed E-state index contributed by atoms with van der Waals surface area (Å²) in [5, 5.41) is 18.7. The summed E-state index contributed by atoms with van der Waals surface area (Å²) in [4.78, 5) is 0. The van der Waals surface area contributed by atoms with Gasteiger partial charge in [0.25, 0.3) is 0 Å². The van der Waals surface area contributed by atoms with E-state index in [1.165, 1.54) is 10.9 Å². The first kappa shape index (κ1) is 16.9. The van der Waals surface area contributed by atoms with Gasteiger partial charge >= 0.3 is 0 Å². The van der Waals surface area contributed by atoms with E-state index in [9.17, 15) is 0 Å². The van der Waals surface area contributed by atoms with Crippen LogP contribution in [0.25, 0.3) is 10.9 Å². The molecule has 124 valence electrons. The highest BCUT2D eigenvalue weighted by Crippen LogP contribution is 2.27. The van der Waals surface area contributed by atoms with Crippen molar-refractivity contribution in [1.82, 2.24) is 10.2 Å². The molecule has 2 aromatic rings. The Labute approximate surface area is 135 Å². The molecular weight excluding hydrogens is 294 g/mol. The van der Waals surface area contributed by atoms with Gasteiger partial charge in [0, 0.05) is 36.4 Å². The van der Waals surface area contributed by atoms with E-state index in [1.54, 1.807) is 6.20 Å². The van der Waals surface area contributed by atoms with Crippen LogP contribution in [0.3, 0.4) is 0 Å². The van der Waals surface area contributed by atoms with Gasteiger partial charge in [-0.2, -0.15) is 10.5 Å². The number of nitrogens with two attached hydrogens (primary N) is 2.